The first kappa shape index (κ1) is 15.2. The molecule has 1 unspecified atom stereocenters. The van der Waals surface area contributed by atoms with E-state index in [0.29, 0.717) is 10.6 Å². The van der Waals surface area contributed by atoms with E-state index in [0.717, 1.165) is 0 Å². The van der Waals surface area contributed by atoms with Crippen molar-refractivity contribution in [2.24, 2.45) is 5.73 Å². The standard InChI is InChI=1S/C10H13ClN2O2.ClH/c11-8-3-1-7(2-4-8)10(15)13-6-9(14)5-12;/h1-4,9,14H,5-6,12H2,(H,13,15);1H. The zero-order valence-corrected chi connectivity index (χ0v) is 10.1. The van der Waals surface area contributed by atoms with Gasteiger partial charge in [-0.15, -0.1) is 12.4 Å². The van der Waals surface area contributed by atoms with Crippen molar-refractivity contribution in [3.63, 3.8) is 0 Å². The third-order valence-corrected chi connectivity index (χ3v) is 2.13. The van der Waals surface area contributed by atoms with Crippen molar-refractivity contribution < 1.29 is 9.90 Å². The minimum Gasteiger partial charge on any atom is -0.390 e. The first-order chi connectivity index (χ1) is 7.13. The zero-order valence-electron chi connectivity index (χ0n) is 8.52. The quantitative estimate of drug-likeness (QED) is 0.754. The van der Waals surface area contributed by atoms with Crippen molar-refractivity contribution in [3.8, 4) is 0 Å². The summed E-state index contributed by atoms with van der Waals surface area (Å²) in [6, 6.07) is 6.50. The molecule has 0 saturated heterocycles. The van der Waals surface area contributed by atoms with Gasteiger partial charge in [-0.2, -0.15) is 0 Å². The molecule has 0 heterocycles. The predicted octanol–water partition coefficient (Wildman–Crippen LogP) is 0.811. The fourth-order valence-electron chi connectivity index (χ4n) is 0.997. The number of halogens is 2. The van der Waals surface area contributed by atoms with Crippen LogP contribution in [0.5, 0.6) is 0 Å². The summed E-state index contributed by atoms with van der Waals surface area (Å²) in [6.07, 6.45) is -0.707. The fraction of sp³-hybridized carbons (Fsp3) is 0.300. The molecule has 0 aromatic heterocycles. The third kappa shape index (κ3) is 4.81. The Morgan fingerprint density at radius 2 is 2.00 bits per heavy atom. The highest BCUT2D eigenvalue weighted by Crippen LogP contribution is 2.09. The molecule has 1 amide bonds. The average molecular weight is 265 g/mol. The van der Waals surface area contributed by atoms with Crippen LogP contribution in [0.1, 0.15) is 10.4 Å². The molecule has 0 aliphatic rings. The number of hydrogen-bond acceptors (Lipinski definition) is 3. The number of aliphatic hydroxyl groups excluding tert-OH is 1. The average Bonchev–Trinajstić information content (AvgIpc) is 2.26. The number of hydrogen-bond donors (Lipinski definition) is 3. The van der Waals surface area contributed by atoms with Crippen LogP contribution in [0.2, 0.25) is 5.02 Å². The first-order valence-corrected chi connectivity index (χ1v) is 4.93. The SMILES string of the molecule is Cl.NCC(O)CNC(=O)c1ccc(Cl)cc1. The van der Waals surface area contributed by atoms with E-state index in [2.05, 4.69) is 5.32 Å². The van der Waals surface area contributed by atoms with Crippen LogP contribution in [0.25, 0.3) is 0 Å². The molecule has 0 spiro atoms. The number of carbonyl (C=O) groups excluding carboxylic acids is 1. The van der Waals surface area contributed by atoms with Crippen molar-refractivity contribution in [3.05, 3.63) is 34.9 Å². The summed E-state index contributed by atoms with van der Waals surface area (Å²) in [4.78, 5) is 11.5. The van der Waals surface area contributed by atoms with Gasteiger partial charge in [0.2, 0.25) is 0 Å². The van der Waals surface area contributed by atoms with Gasteiger partial charge in [-0.05, 0) is 24.3 Å². The number of rotatable bonds is 4. The molecule has 0 aliphatic carbocycles. The molecule has 0 radical (unpaired) electrons. The van der Waals surface area contributed by atoms with E-state index in [1.54, 1.807) is 24.3 Å². The minimum absolute atomic E-state index is 0. The Kier molecular flexibility index (Phi) is 7.08. The van der Waals surface area contributed by atoms with Crippen LogP contribution in [0, 0.1) is 0 Å². The Hall–Kier alpha value is -0.810. The van der Waals surface area contributed by atoms with Gasteiger partial charge in [0.05, 0.1) is 6.10 Å². The van der Waals surface area contributed by atoms with Gasteiger partial charge in [0.15, 0.2) is 0 Å². The molecule has 16 heavy (non-hydrogen) atoms. The van der Waals surface area contributed by atoms with Crippen LogP contribution < -0.4 is 11.1 Å². The lowest BCUT2D eigenvalue weighted by molar-refractivity contribution is 0.0920. The van der Waals surface area contributed by atoms with Crippen LogP contribution in [0.15, 0.2) is 24.3 Å². The van der Waals surface area contributed by atoms with Gasteiger partial charge in [0.25, 0.3) is 5.91 Å². The lowest BCUT2D eigenvalue weighted by Crippen LogP contribution is -2.36. The normalized spacial score (nSPS) is 11.4. The second-order valence-corrected chi connectivity index (χ2v) is 3.54. The van der Waals surface area contributed by atoms with Gasteiger partial charge in [0.1, 0.15) is 0 Å². The maximum atomic E-state index is 11.5. The van der Waals surface area contributed by atoms with E-state index in [1.165, 1.54) is 0 Å². The summed E-state index contributed by atoms with van der Waals surface area (Å²) in [5, 5.41) is 12.3. The summed E-state index contributed by atoms with van der Waals surface area (Å²) in [5.74, 6) is -0.251. The molecule has 1 aromatic rings. The Labute approximate surface area is 105 Å². The molecule has 6 heteroatoms. The molecular formula is C10H14Cl2N2O2. The van der Waals surface area contributed by atoms with Crippen molar-refractivity contribution in [1.29, 1.82) is 0 Å². The van der Waals surface area contributed by atoms with Gasteiger partial charge in [-0.3, -0.25) is 4.79 Å². The van der Waals surface area contributed by atoms with Crippen LogP contribution in [0.3, 0.4) is 0 Å². The van der Waals surface area contributed by atoms with Crippen molar-refractivity contribution in [2.75, 3.05) is 13.1 Å². The van der Waals surface area contributed by atoms with Crippen molar-refractivity contribution >= 4 is 29.9 Å². The van der Waals surface area contributed by atoms with Crippen LogP contribution >= 0.6 is 24.0 Å². The molecule has 0 fully saturated rings. The maximum absolute atomic E-state index is 11.5. The zero-order chi connectivity index (χ0) is 11.3. The molecular weight excluding hydrogens is 251 g/mol. The number of amides is 1. The highest BCUT2D eigenvalue weighted by Gasteiger charge is 2.07. The molecule has 1 rings (SSSR count). The largest absolute Gasteiger partial charge is 0.390 e. The second-order valence-electron chi connectivity index (χ2n) is 3.11. The van der Waals surface area contributed by atoms with Gasteiger partial charge in [-0.1, -0.05) is 11.6 Å². The maximum Gasteiger partial charge on any atom is 0.251 e. The number of nitrogens with two attached hydrogens (primary N) is 1. The van der Waals surface area contributed by atoms with Gasteiger partial charge in [0, 0.05) is 23.7 Å². The first-order valence-electron chi connectivity index (χ1n) is 4.55. The Bertz CT molecular complexity index is 330. The van der Waals surface area contributed by atoms with Crippen LogP contribution in [-0.4, -0.2) is 30.2 Å². The Morgan fingerprint density at radius 1 is 1.44 bits per heavy atom. The molecule has 1 atom stereocenters. The fourth-order valence-corrected chi connectivity index (χ4v) is 1.12. The summed E-state index contributed by atoms with van der Waals surface area (Å²) in [7, 11) is 0. The summed E-state index contributed by atoms with van der Waals surface area (Å²) < 4.78 is 0. The predicted molar refractivity (Wildman–Crippen MR) is 66.1 cm³/mol. The van der Waals surface area contributed by atoms with Gasteiger partial charge >= 0.3 is 0 Å². The number of nitrogens with one attached hydrogen (secondary N) is 1. The van der Waals surface area contributed by atoms with E-state index in [4.69, 9.17) is 22.4 Å². The summed E-state index contributed by atoms with van der Waals surface area (Å²) in [5.41, 5.74) is 5.70. The van der Waals surface area contributed by atoms with Crippen LogP contribution in [-0.2, 0) is 0 Å². The van der Waals surface area contributed by atoms with E-state index < -0.39 is 6.10 Å². The highest BCUT2D eigenvalue weighted by molar-refractivity contribution is 6.30. The highest BCUT2D eigenvalue weighted by atomic mass is 35.5. The number of aliphatic hydroxyl groups is 1. The van der Waals surface area contributed by atoms with Gasteiger partial charge in [-0.25, -0.2) is 0 Å². The van der Waals surface area contributed by atoms with Gasteiger partial charge < -0.3 is 16.2 Å². The van der Waals surface area contributed by atoms with Crippen molar-refractivity contribution in [1.82, 2.24) is 5.32 Å². The van der Waals surface area contributed by atoms with E-state index in [-0.39, 0.29) is 31.4 Å². The van der Waals surface area contributed by atoms with Crippen LogP contribution in [0.4, 0.5) is 0 Å². The third-order valence-electron chi connectivity index (χ3n) is 1.88. The molecule has 90 valence electrons. The number of carbonyl (C=O) groups is 1. The Morgan fingerprint density at radius 3 is 2.50 bits per heavy atom. The topological polar surface area (TPSA) is 75.3 Å². The summed E-state index contributed by atoms with van der Waals surface area (Å²) in [6.45, 7) is 0.277. The minimum atomic E-state index is -0.707. The number of benzene rings is 1. The van der Waals surface area contributed by atoms with E-state index in [1.807, 2.05) is 0 Å². The molecule has 1 aromatic carbocycles. The lowest BCUT2D eigenvalue weighted by Gasteiger charge is -2.09. The van der Waals surface area contributed by atoms with E-state index in [9.17, 15) is 4.79 Å². The molecule has 0 aliphatic heterocycles. The molecule has 4 N–H and O–H groups in total. The smallest absolute Gasteiger partial charge is 0.251 e. The molecule has 4 nitrogen and oxygen atoms in total. The molecule has 0 saturated carbocycles. The Balaban J connectivity index is 0.00000225. The lowest BCUT2D eigenvalue weighted by atomic mass is 10.2. The summed E-state index contributed by atoms with van der Waals surface area (Å²) >= 11 is 5.68. The monoisotopic (exact) mass is 264 g/mol. The second kappa shape index (κ2) is 7.46. The molecule has 0 bridgehead atoms. The van der Waals surface area contributed by atoms with Crippen molar-refractivity contribution in [2.45, 2.75) is 6.10 Å². The van der Waals surface area contributed by atoms with E-state index >= 15 is 0 Å².